The van der Waals surface area contributed by atoms with E-state index >= 15 is 0 Å². The molecule has 0 fully saturated rings. The summed E-state index contributed by atoms with van der Waals surface area (Å²) in [5.41, 5.74) is 6.01. The molecule has 0 bridgehead atoms. The van der Waals surface area contributed by atoms with Gasteiger partial charge in [0, 0.05) is 0 Å². The van der Waals surface area contributed by atoms with Crippen molar-refractivity contribution in [1.82, 2.24) is 10.2 Å². The van der Waals surface area contributed by atoms with E-state index in [1.165, 1.54) is 18.0 Å². The minimum atomic E-state index is 0.0425. The van der Waals surface area contributed by atoms with Gasteiger partial charge in [-0.05, 0) is 11.8 Å². The molecular weight excluding hydrogens is 172 g/mol. The van der Waals surface area contributed by atoms with Gasteiger partial charge >= 0.3 is 0 Å². The van der Waals surface area contributed by atoms with E-state index in [-0.39, 0.29) is 5.84 Å². The van der Waals surface area contributed by atoms with E-state index in [0.717, 1.165) is 10.8 Å². The number of thioether (sulfide) groups is 1. The SMILES string of the molecule is CCSc1nnccc1C(=N)N. The molecule has 0 spiro atoms. The van der Waals surface area contributed by atoms with Crippen molar-refractivity contribution in [1.29, 1.82) is 5.41 Å². The van der Waals surface area contributed by atoms with E-state index in [1.807, 2.05) is 6.92 Å². The van der Waals surface area contributed by atoms with Crippen LogP contribution in [0.5, 0.6) is 0 Å². The molecule has 1 aromatic rings. The summed E-state index contributed by atoms with van der Waals surface area (Å²) in [6.07, 6.45) is 1.54. The van der Waals surface area contributed by atoms with Gasteiger partial charge in [0.2, 0.25) is 0 Å². The standard InChI is InChI=1S/C7H10N4S/c1-2-12-7-5(6(8)9)3-4-10-11-7/h3-4H,2H2,1H3,(H3,8,9). The fraction of sp³-hybridized carbons (Fsp3) is 0.286. The molecule has 1 aromatic heterocycles. The van der Waals surface area contributed by atoms with Crippen LogP contribution in [0.25, 0.3) is 0 Å². The molecule has 0 atom stereocenters. The maximum absolute atomic E-state index is 7.25. The van der Waals surface area contributed by atoms with Gasteiger partial charge in [0.1, 0.15) is 10.9 Å². The number of hydrogen-bond acceptors (Lipinski definition) is 4. The second-order valence-corrected chi connectivity index (χ2v) is 3.35. The Morgan fingerprint density at radius 1 is 1.75 bits per heavy atom. The molecular formula is C7H10N4S. The highest BCUT2D eigenvalue weighted by Crippen LogP contribution is 2.17. The lowest BCUT2D eigenvalue weighted by molar-refractivity contribution is 0.921. The number of nitrogens with one attached hydrogen (secondary N) is 1. The van der Waals surface area contributed by atoms with E-state index in [4.69, 9.17) is 11.1 Å². The quantitative estimate of drug-likeness (QED) is 0.413. The summed E-state index contributed by atoms with van der Waals surface area (Å²) in [7, 11) is 0. The summed E-state index contributed by atoms with van der Waals surface area (Å²) in [4.78, 5) is 0. The van der Waals surface area contributed by atoms with Gasteiger partial charge in [-0.1, -0.05) is 6.92 Å². The minimum Gasteiger partial charge on any atom is -0.384 e. The number of aromatic nitrogens is 2. The minimum absolute atomic E-state index is 0.0425. The van der Waals surface area contributed by atoms with Gasteiger partial charge in [-0.25, -0.2) is 0 Å². The smallest absolute Gasteiger partial charge is 0.130 e. The van der Waals surface area contributed by atoms with Crippen LogP contribution in [-0.2, 0) is 0 Å². The molecule has 0 radical (unpaired) electrons. The molecule has 1 rings (SSSR count). The Morgan fingerprint density at radius 3 is 3.08 bits per heavy atom. The van der Waals surface area contributed by atoms with Crippen molar-refractivity contribution in [2.75, 3.05) is 5.75 Å². The average molecular weight is 182 g/mol. The summed E-state index contributed by atoms with van der Waals surface area (Å²) >= 11 is 1.54. The van der Waals surface area contributed by atoms with Gasteiger partial charge in [-0.3, -0.25) is 5.41 Å². The normalized spacial score (nSPS) is 9.75. The second-order valence-electron chi connectivity index (χ2n) is 2.10. The number of rotatable bonds is 3. The third-order valence-electron chi connectivity index (χ3n) is 1.26. The van der Waals surface area contributed by atoms with E-state index < -0.39 is 0 Å². The molecule has 3 N–H and O–H groups in total. The number of amidine groups is 1. The zero-order valence-electron chi connectivity index (χ0n) is 6.74. The Kier molecular flexibility index (Phi) is 3.04. The van der Waals surface area contributed by atoms with Crippen LogP contribution in [0.2, 0.25) is 0 Å². The molecule has 0 saturated carbocycles. The van der Waals surface area contributed by atoms with E-state index in [2.05, 4.69) is 10.2 Å². The Balaban J connectivity index is 3.00. The first-order valence-electron chi connectivity index (χ1n) is 3.54. The lowest BCUT2D eigenvalue weighted by Gasteiger charge is -2.02. The maximum Gasteiger partial charge on any atom is 0.130 e. The van der Waals surface area contributed by atoms with Crippen LogP contribution in [0, 0.1) is 5.41 Å². The summed E-state index contributed by atoms with van der Waals surface area (Å²) in [6.45, 7) is 2.02. The Bertz CT molecular complexity index is 286. The summed E-state index contributed by atoms with van der Waals surface area (Å²) in [5.74, 6) is 0.944. The van der Waals surface area contributed by atoms with Gasteiger partial charge < -0.3 is 5.73 Å². The summed E-state index contributed by atoms with van der Waals surface area (Å²) < 4.78 is 0. The first-order chi connectivity index (χ1) is 5.75. The van der Waals surface area contributed by atoms with Crippen molar-refractivity contribution >= 4 is 17.6 Å². The second kappa shape index (κ2) is 4.06. The van der Waals surface area contributed by atoms with E-state index in [9.17, 15) is 0 Å². The van der Waals surface area contributed by atoms with Crippen molar-refractivity contribution < 1.29 is 0 Å². The maximum atomic E-state index is 7.25. The Hall–Kier alpha value is -1.10. The number of nitrogen functional groups attached to an aromatic ring is 1. The van der Waals surface area contributed by atoms with Crippen molar-refractivity contribution in [3.05, 3.63) is 17.8 Å². The molecule has 0 aliphatic heterocycles. The predicted molar refractivity (Wildman–Crippen MR) is 49.4 cm³/mol. The van der Waals surface area contributed by atoms with E-state index in [1.54, 1.807) is 6.07 Å². The zero-order valence-corrected chi connectivity index (χ0v) is 7.56. The largest absolute Gasteiger partial charge is 0.384 e. The molecule has 0 unspecified atom stereocenters. The van der Waals surface area contributed by atoms with Crippen LogP contribution in [0.15, 0.2) is 17.3 Å². The predicted octanol–water partition coefficient (Wildman–Crippen LogP) is 0.873. The van der Waals surface area contributed by atoms with Gasteiger partial charge in [0.25, 0.3) is 0 Å². The average Bonchev–Trinajstić information content (AvgIpc) is 2.05. The fourth-order valence-corrected chi connectivity index (χ4v) is 1.48. The number of hydrogen-bond donors (Lipinski definition) is 2. The molecule has 0 aliphatic carbocycles. The van der Waals surface area contributed by atoms with Gasteiger partial charge in [0.15, 0.2) is 0 Å². The van der Waals surface area contributed by atoms with Gasteiger partial charge in [0.05, 0.1) is 11.8 Å². The number of nitrogens with two attached hydrogens (primary N) is 1. The molecule has 12 heavy (non-hydrogen) atoms. The lowest BCUT2D eigenvalue weighted by Crippen LogP contribution is -2.13. The topological polar surface area (TPSA) is 75.7 Å². The van der Waals surface area contributed by atoms with Crippen molar-refractivity contribution in [3.63, 3.8) is 0 Å². The highest BCUT2D eigenvalue weighted by molar-refractivity contribution is 7.99. The molecule has 4 nitrogen and oxygen atoms in total. The number of nitrogens with zero attached hydrogens (tertiary/aromatic N) is 2. The van der Waals surface area contributed by atoms with Crippen LogP contribution in [0.3, 0.4) is 0 Å². The van der Waals surface area contributed by atoms with E-state index in [0.29, 0.717) is 5.56 Å². The Morgan fingerprint density at radius 2 is 2.50 bits per heavy atom. The molecule has 0 saturated heterocycles. The van der Waals surface area contributed by atoms with Crippen LogP contribution in [0.1, 0.15) is 12.5 Å². The third kappa shape index (κ3) is 1.94. The molecule has 0 aromatic carbocycles. The van der Waals surface area contributed by atoms with Crippen LogP contribution >= 0.6 is 11.8 Å². The highest BCUT2D eigenvalue weighted by Gasteiger charge is 2.05. The van der Waals surface area contributed by atoms with Crippen LogP contribution in [0.4, 0.5) is 0 Å². The summed E-state index contributed by atoms with van der Waals surface area (Å²) in [5, 5.41) is 15.6. The molecule has 5 heteroatoms. The van der Waals surface area contributed by atoms with Crippen LogP contribution in [-0.4, -0.2) is 21.8 Å². The fourth-order valence-electron chi connectivity index (χ4n) is 0.767. The van der Waals surface area contributed by atoms with Gasteiger partial charge in [-0.2, -0.15) is 5.10 Å². The van der Waals surface area contributed by atoms with Crippen LogP contribution < -0.4 is 5.73 Å². The van der Waals surface area contributed by atoms with Gasteiger partial charge in [-0.15, -0.1) is 16.9 Å². The molecule has 0 aliphatic rings. The Labute approximate surface area is 75.1 Å². The van der Waals surface area contributed by atoms with Crippen molar-refractivity contribution in [3.8, 4) is 0 Å². The van der Waals surface area contributed by atoms with Crippen molar-refractivity contribution in [2.45, 2.75) is 11.9 Å². The first kappa shape index (κ1) is 8.99. The molecule has 1 heterocycles. The zero-order chi connectivity index (χ0) is 8.97. The first-order valence-corrected chi connectivity index (χ1v) is 4.53. The lowest BCUT2D eigenvalue weighted by atomic mass is 10.3. The molecule has 64 valence electrons. The molecule has 0 amide bonds. The highest BCUT2D eigenvalue weighted by atomic mass is 32.2. The summed E-state index contributed by atoms with van der Waals surface area (Å²) in [6, 6.07) is 1.70. The monoisotopic (exact) mass is 182 g/mol. The third-order valence-corrected chi connectivity index (χ3v) is 2.12. The van der Waals surface area contributed by atoms with Crippen molar-refractivity contribution in [2.24, 2.45) is 5.73 Å².